The fraction of sp³-hybridized carbons (Fsp3) is 0.600. The van der Waals surface area contributed by atoms with Crippen LogP contribution in [0.3, 0.4) is 0 Å². The minimum Gasteiger partial charge on any atom is -0.370 e. The standard InChI is InChI=1S/C15H26N2/c1-11(2)13-9-7-8-10-14(13)16-12(3)17-15(4,5)6/h7-12,16-17H,1-6H3. The van der Waals surface area contributed by atoms with E-state index in [2.05, 4.69) is 76.4 Å². The molecule has 1 unspecified atom stereocenters. The molecule has 0 heterocycles. The highest BCUT2D eigenvalue weighted by molar-refractivity contribution is 5.53. The third kappa shape index (κ3) is 4.78. The summed E-state index contributed by atoms with van der Waals surface area (Å²) in [6.07, 6.45) is 0.259. The van der Waals surface area contributed by atoms with Crippen molar-refractivity contribution in [2.45, 2.75) is 59.2 Å². The maximum absolute atomic E-state index is 3.54. The molecule has 1 aromatic carbocycles. The molecule has 0 aliphatic rings. The van der Waals surface area contributed by atoms with Crippen LogP contribution in [0.1, 0.15) is 53.0 Å². The Morgan fingerprint density at radius 3 is 2.12 bits per heavy atom. The van der Waals surface area contributed by atoms with E-state index in [1.807, 2.05) is 0 Å². The summed E-state index contributed by atoms with van der Waals surface area (Å²) in [6.45, 7) is 13.1. The Kier molecular flexibility index (Phi) is 4.58. The molecular weight excluding hydrogens is 208 g/mol. The van der Waals surface area contributed by atoms with Crippen molar-refractivity contribution in [1.82, 2.24) is 5.32 Å². The number of hydrogen-bond donors (Lipinski definition) is 2. The lowest BCUT2D eigenvalue weighted by Crippen LogP contribution is -2.45. The predicted octanol–water partition coefficient (Wildman–Crippen LogP) is 3.96. The highest BCUT2D eigenvalue weighted by atomic mass is 15.1. The van der Waals surface area contributed by atoms with Crippen LogP contribution in [-0.2, 0) is 0 Å². The van der Waals surface area contributed by atoms with Gasteiger partial charge in [0.1, 0.15) is 0 Å². The van der Waals surface area contributed by atoms with Gasteiger partial charge in [0.05, 0.1) is 6.17 Å². The number of para-hydroxylation sites is 1. The second-order valence-corrected chi connectivity index (χ2v) is 6.00. The highest BCUT2D eigenvalue weighted by Crippen LogP contribution is 2.24. The largest absolute Gasteiger partial charge is 0.370 e. The topological polar surface area (TPSA) is 24.1 Å². The first-order valence-corrected chi connectivity index (χ1v) is 6.43. The summed E-state index contributed by atoms with van der Waals surface area (Å²) in [5.74, 6) is 0.542. The van der Waals surface area contributed by atoms with Gasteiger partial charge in [0.25, 0.3) is 0 Å². The van der Waals surface area contributed by atoms with Crippen molar-refractivity contribution >= 4 is 5.69 Å². The van der Waals surface area contributed by atoms with Crippen LogP contribution in [0, 0.1) is 0 Å². The zero-order chi connectivity index (χ0) is 13.1. The molecule has 0 saturated heterocycles. The van der Waals surface area contributed by atoms with E-state index in [1.165, 1.54) is 11.3 Å². The van der Waals surface area contributed by atoms with E-state index in [9.17, 15) is 0 Å². The third-order valence-corrected chi connectivity index (χ3v) is 2.60. The Morgan fingerprint density at radius 2 is 1.59 bits per heavy atom. The Balaban J connectivity index is 2.74. The van der Waals surface area contributed by atoms with Crippen LogP contribution in [0.2, 0.25) is 0 Å². The van der Waals surface area contributed by atoms with Crippen LogP contribution in [0.4, 0.5) is 5.69 Å². The zero-order valence-corrected chi connectivity index (χ0v) is 12.0. The average Bonchev–Trinajstić information content (AvgIpc) is 2.14. The first kappa shape index (κ1) is 14.0. The first-order valence-electron chi connectivity index (χ1n) is 6.43. The molecule has 2 N–H and O–H groups in total. The van der Waals surface area contributed by atoms with Gasteiger partial charge in [-0.05, 0) is 45.2 Å². The van der Waals surface area contributed by atoms with E-state index in [1.54, 1.807) is 0 Å². The van der Waals surface area contributed by atoms with Crippen molar-refractivity contribution in [2.24, 2.45) is 0 Å². The number of hydrogen-bond acceptors (Lipinski definition) is 2. The van der Waals surface area contributed by atoms with Crippen LogP contribution in [-0.4, -0.2) is 11.7 Å². The molecule has 2 heteroatoms. The van der Waals surface area contributed by atoms with Gasteiger partial charge in [0, 0.05) is 11.2 Å². The maximum Gasteiger partial charge on any atom is 0.0743 e. The lowest BCUT2D eigenvalue weighted by Gasteiger charge is -2.28. The van der Waals surface area contributed by atoms with Crippen molar-refractivity contribution in [1.29, 1.82) is 0 Å². The lowest BCUT2D eigenvalue weighted by atomic mass is 10.0. The molecule has 1 aromatic rings. The molecule has 0 spiro atoms. The summed E-state index contributed by atoms with van der Waals surface area (Å²) in [4.78, 5) is 0. The quantitative estimate of drug-likeness (QED) is 0.771. The minimum absolute atomic E-state index is 0.124. The highest BCUT2D eigenvalue weighted by Gasteiger charge is 2.14. The average molecular weight is 234 g/mol. The number of benzene rings is 1. The number of anilines is 1. The summed E-state index contributed by atoms with van der Waals surface area (Å²) in [5, 5.41) is 7.06. The molecule has 0 fully saturated rings. The van der Waals surface area contributed by atoms with Crippen molar-refractivity contribution in [3.8, 4) is 0 Å². The van der Waals surface area contributed by atoms with Gasteiger partial charge in [-0.3, -0.25) is 5.32 Å². The smallest absolute Gasteiger partial charge is 0.0743 e. The maximum atomic E-state index is 3.54. The number of nitrogens with one attached hydrogen (secondary N) is 2. The molecule has 0 radical (unpaired) electrons. The van der Waals surface area contributed by atoms with Gasteiger partial charge in [-0.1, -0.05) is 32.0 Å². The molecule has 1 atom stereocenters. The van der Waals surface area contributed by atoms with E-state index in [0.717, 1.165) is 0 Å². The van der Waals surface area contributed by atoms with Gasteiger partial charge in [0.15, 0.2) is 0 Å². The van der Waals surface area contributed by atoms with Crippen LogP contribution in [0.5, 0.6) is 0 Å². The minimum atomic E-state index is 0.124. The summed E-state index contributed by atoms with van der Waals surface area (Å²) in [7, 11) is 0. The van der Waals surface area contributed by atoms with Crippen LogP contribution in [0.25, 0.3) is 0 Å². The van der Waals surface area contributed by atoms with Crippen molar-refractivity contribution in [3.05, 3.63) is 29.8 Å². The van der Waals surface area contributed by atoms with Crippen LogP contribution >= 0.6 is 0 Å². The Hall–Kier alpha value is -1.02. The van der Waals surface area contributed by atoms with Gasteiger partial charge in [-0.2, -0.15) is 0 Å². The van der Waals surface area contributed by atoms with E-state index in [-0.39, 0.29) is 11.7 Å². The first-order chi connectivity index (χ1) is 7.79. The molecule has 96 valence electrons. The molecule has 0 aliphatic heterocycles. The molecule has 0 aromatic heterocycles. The number of rotatable bonds is 4. The summed E-state index contributed by atoms with van der Waals surface area (Å²) < 4.78 is 0. The van der Waals surface area contributed by atoms with Gasteiger partial charge in [-0.15, -0.1) is 0 Å². The predicted molar refractivity (Wildman–Crippen MR) is 76.5 cm³/mol. The molecule has 0 amide bonds. The molecule has 0 saturated carbocycles. The lowest BCUT2D eigenvalue weighted by molar-refractivity contribution is 0.391. The van der Waals surface area contributed by atoms with Gasteiger partial charge in [0.2, 0.25) is 0 Å². The van der Waals surface area contributed by atoms with Gasteiger partial charge < -0.3 is 5.32 Å². The molecule has 2 nitrogen and oxygen atoms in total. The molecule has 17 heavy (non-hydrogen) atoms. The normalized spacial score (nSPS) is 13.8. The van der Waals surface area contributed by atoms with Gasteiger partial charge >= 0.3 is 0 Å². The molecular formula is C15H26N2. The van der Waals surface area contributed by atoms with Crippen molar-refractivity contribution < 1.29 is 0 Å². The van der Waals surface area contributed by atoms with E-state index < -0.39 is 0 Å². The third-order valence-electron chi connectivity index (χ3n) is 2.60. The van der Waals surface area contributed by atoms with Crippen LogP contribution < -0.4 is 10.6 Å². The molecule has 0 bridgehead atoms. The fourth-order valence-electron chi connectivity index (χ4n) is 2.05. The van der Waals surface area contributed by atoms with Crippen molar-refractivity contribution in [3.63, 3.8) is 0 Å². The Labute approximate surface area is 106 Å². The fourth-order valence-corrected chi connectivity index (χ4v) is 2.05. The Bertz CT molecular complexity index is 350. The summed E-state index contributed by atoms with van der Waals surface area (Å²) in [5.41, 5.74) is 2.72. The van der Waals surface area contributed by atoms with Crippen LogP contribution in [0.15, 0.2) is 24.3 Å². The molecule has 0 aliphatic carbocycles. The van der Waals surface area contributed by atoms with Gasteiger partial charge in [-0.25, -0.2) is 0 Å². The monoisotopic (exact) mass is 234 g/mol. The zero-order valence-electron chi connectivity index (χ0n) is 12.0. The summed E-state index contributed by atoms with van der Waals surface area (Å²) >= 11 is 0. The second-order valence-electron chi connectivity index (χ2n) is 6.00. The van der Waals surface area contributed by atoms with Crippen molar-refractivity contribution in [2.75, 3.05) is 5.32 Å². The van der Waals surface area contributed by atoms with E-state index in [0.29, 0.717) is 5.92 Å². The molecule has 1 rings (SSSR count). The van der Waals surface area contributed by atoms with E-state index in [4.69, 9.17) is 0 Å². The SMILES string of the molecule is CC(Nc1ccccc1C(C)C)NC(C)(C)C. The summed E-state index contributed by atoms with van der Waals surface area (Å²) in [6, 6.07) is 8.52. The second kappa shape index (κ2) is 5.54. The van der Waals surface area contributed by atoms with E-state index >= 15 is 0 Å². The Morgan fingerprint density at radius 1 is 1.00 bits per heavy atom.